The third-order valence-electron chi connectivity index (χ3n) is 5.39. The van der Waals surface area contributed by atoms with Crippen molar-refractivity contribution in [2.24, 2.45) is 0 Å². The highest BCUT2D eigenvalue weighted by atomic mass is 32.2. The van der Waals surface area contributed by atoms with Crippen LogP contribution in [-0.4, -0.2) is 50.7 Å². The van der Waals surface area contributed by atoms with E-state index in [0.29, 0.717) is 65.3 Å². The van der Waals surface area contributed by atoms with Gasteiger partial charge in [0.1, 0.15) is 29.5 Å². The number of hydrogen-bond acceptors (Lipinski definition) is 7. The molecule has 1 aliphatic rings. The van der Waals surface area contributed by atoms with Crippen molar-refractivity contribution in [2.75, 3.05) is 23.4 Å². The van der Waals surface area contributed by atoms with Gasteiger partial charge in [-0.05, 0) is 49.8 Å². The summed E-state index contributed by atoms with van der Waals surface area (Å²) in [6.45, 7) is 0. The van der Waals surface area contributed by atoms with E-state index in [1.54, 1.807) is 18.2 Å². The van der Waals surface area contributed by atoms with Gasteiger partial charge in [0, 0.05) is 28.1 Å². The van der Waals surface area contributed by atoms with Gasteiger partial charge in [-0.25, -0.2) is 18.6 Å². The fourth-order valence-corrected chi connectivity index (χ4v) is 4.50. The first-order chi connectivity index (χ1) is 15.7. The highest BCUT2D eigenvalue weighted by Gasteiger charge is 2.22. The maximum Gasteiger partial charge on any atom is 0.146 e. The van der Waals surface area contributed by atoms with Gasteiger partial charge in [-0.1, -0.05) is 0 Å². The number of aromatic nitrogens is 2. The predicted octanol–water partition coefficient (Wildman–Crippen LogP) is 3.88. The molecule has 10 heteroatoms. The van der Waals surface area contributed by atoms with Crippen LogP contribution in [0.3, 0.4) is 0 Å². The molecule has 176 valence electrons. The molecule has 0 saturated heterocycles. The lowest BCUT2D eigenvalue weighted by Crippen LogP contribution is -2.26. The van der Waals surface area contributed by atoms with Crippen molar-refractivity contribution < 1.29 is 23.2 Å². The zero-order valence-corrected chi connectivity index (χ0v) is 19.3. The van der Waals surface area contributed by atoms with E-state index in [-0.39, 0.29) is 12.2 Å². The van der Waals surface area contributed by atoms with Crippen LogP contribution in [0.1, 0.15) is 25.7 Å². The zero-order chi connectivity index (χ0) is 23.6. The van der Waals surface area contributed by atoms with Crippen molar-refractivity contribution in [3.63, 3.8) is 0 Å². The topological polar surface area (TPSA) is 106 Å². The van der Waals surface area contributed by atoms with Crippen molar-refractivity contribution in [1.82, 2.24) is 9.97 Å². The van der Waals surface area contributed by atoms with Gasteiger partial charge in [0.25, 0.3) is 0 Å². The number of ether oxygens (including phenoxy) is 2. The van der Waals surface area contributed by atoms with Crippen molar-refractivity contribution in [3.05, 3.63) is 42.5 Å². The lowest BCUT2D eigenvalue weighted by atomic mass is 9.95. The molecule has 1 heterocycles. The van der Waals surface area contributed by atoms with E-state index in [0.717, 1.165) is 0 Å². The van der Waals surface area contributed by atoms with Crippen LogP contribution >= 0.6 is 0 Å². The normalized spacial score (nSPS) is 20.1. The zero-order valence-electron chi connectivity index (χ0n) is 18.5. The Kier molecular flexibility index (Phi) is 6.57. The highest BCUT2D eigenvalue weighted by molar-refractivity contribution is 8.00. The van der Waals surface area contributed by atoms with Gasteiger partial charge in [-0.2, -0.15) is 0 Å². The Bertz CT molecular complexity index is 1260. The van der Waals surface area contributed by atoms with E-state index in [1.807, 2.05) is 0 Å². The summed E-state index contributed by atoms with van der Waals surface area (Å²) in [5.41, 5.74) is 1.65. The molecule has 0 spiro atoms. The van der Waals surface area contributed by atoms with Crippen molar-refractivity contribution in [2.45, 2.75) is 37.9 Å². The Balaban J connectivity index is 1.69. The highest BCUT2D eigenvalue weighted by Crippen LogP contribution is 2.37. The summed E-state index contributed by atoms with van der Waals surface area (Å²) in [4.78, 5) is 8.68. The van der Waals surface area contributed by atoms with Crippen LogP contribution in [-0.2, 0) is 9.71 Å². The monoisotopic (exact) mass is 474 g/mol. The first-order valence-corrected chi connectivity index (χ1v) is 12.7. The molecule has 0 amide bonds. The van der Waals surface area contributed by atoms with Crippen LogP contribution in [0.25, 0.3) is 10.9 Å². The Labute approximate surface area is 192 Å². The molecule has 1 aliphatic carbocycles. The summed E-state index contributed by atoms with van der Waals surface area (Å²) in [5.74, 6) is 4.48. The number of anilines is 3. The predicted molar refractivity (Wildman–Crippen MR) is 129 cm³/mol. The molecule has 8 nitrogen and oxygen atoms in total. The van der Waals surface area contributed by atoms with E-state index in [2.05, 4.69) is 25.9 Å². The molecule has 3 aromatic rings. The number of nitrogens with one attached hydrogen (secondary N) is 2. The first-order valence-electron chi connectivity index (χ1n) is 10.6. The Morgan fingerprint density at radius 2 is 1.91 bits per heavy atom. The SMILES string of the molecule is C=S(C)(=O)Nc1cc(OC)c2c(Nc3ccc(F)cc3OC3CCC(O)CC3)ncnc2c1. The molecule has 0 aliphatic heterocycles. The van der Waals surface area contributed by atoms with Crippen LogP contribution in [0.4, 0.5) is 21.6 Å². The minimum Gasteiger partial charge on any atom is -0.496 e. The number of aliphatic hydroxyl groups excluding tert-OH is 1. The second kappa shape index (κ2) is 9.40. The third-order valence-corrected chi connectivity index (χ3v) is 6.06. The largest absolute Gasteiger partial charge is 0.496 e. The number of halogens is 1. The number of fused-ring (bicyclic) bond motifs is 1. The van der Waals surface area contributed by atoms with E-state index in [4.69, 9.17) is 9.47 Å². The van der Waals surface area contributed by atoms with Gasteiger partial charge in [0.05, 0.1) is 41.6 Å². The fraction of sp³-hybridized carbons (Fsp3) is 0.348. The van der Waals surface area contributed by atoms with Crippen LogP contribution in [0.15, 0.2) is 36.7 Å². The molecular formula is C23H27FN4O4S. The van der Waals surface area contributed by atoms with Gasteiger partial charge in [-0.3, -0.25) is 0 Å². The summed E-state index contributed by atoms with van der Waals surface area (Å²) < 4.78 is 40.6. The van der Waals surface area contributed by atoms with Gasteiger partial charge in [0.2, 0.25) is 0 Å². The summed E-state index contributed by atoms with van der Waals surface area (Å²) in [7, 11) is -0.969. The Hall–Kier alpha value is -3.11. The first kappa shape index (κ1) is 23.1. The van der Waals surface area contributed by atoms with Gasteiger partial charge in [0.15, 0.2) is 0 Å². The lowest BCUT2D eigenvalue weighted by molar-refractivity contribution is 0.0668. The molecule has 3 N–H and O–H groups in total. The second-order valence-electron chi connectivity index (χ2n) is 8.22. The average Bonchev–Trinajstić information content (AvgIpc) is 2.75. The molecule has 1 aromatic heterocycles. The summed E-state index contributed by atoms with van der Waals surface area (Å²) >= 11 is 0. The molecule has 1 saturated carbocycles. The number of aliphatic hydroxyl groups is 1. The van der Waals surface area contributed by atoms with Gasteiger partial charge in [-0.15, -0.1) is 0 Å². The molecular weight excluding hydrogens is 447 g/mol. The van der Waals surface area contributed by atoms with Gasteiger partial charge < -0.3 is 24.6 Å². The fourth-order valence-electron chi connectivity index (χ4n) is 3.89. The number of rotatable bonds is 7. The van der Waals surface area contributed by atoms with Gasteiger partial charge >= 0.3 is 0 Å². The quantitative estimate of drug-likeness (QED) is 0.446. The minimum absolute atomic E-state index is 0.104. The van der Waals surface area contributed by atoms with E-state index >= 15 is 0 Å². The molecule has 33 heavy (non-hydrogen) atoms. The summed E-state index contributed by atoms with van der Waals surface area (Å²) in [6, 6.07) is 7.69. The average molecular weight is 475 g/mol. The number of hydrogen-bond donors (Lipinski definition) is 3. The van der Waals surface area contributed by atoms with E-state index in [1.165, 1.54) is 31.8 Å². The maximum atomic E-state index is 14.0. The minimum atomic E-state index is -2.49. The Morgan fingerprint density at radius 1 is 1.15 bits per heavy atom. The second-order valence-corrected chi connectivity index (χ2v) is 10.4. The number of benzene rings is 2. The summed E-state index contributed by atoms with van der Waals surface area (Å²) in [5, 5.41) is 13.6. The van der Waals surface area contributed by atoms with Crippen LogP contribution < -0.4 is 19.5 Å². The van der Waals surface area contributed by atoms with Crippen molar-refractivity contribution >= 4 is 43.7 Å². The maximum absolute atomic E-state index is 14.0. The van der Waals surface area contributed by atoms with Crippen molar-refractivity contribution in [3.8, 4) is 11.5 Å². The molecule has 1 atom stereocenters. The van der Waals surface area contributed by atoms with Crippen LogP contribution in [0.2, 0.25) is 0 Å². The molecule has 4 rings (SSSR count). The summed E-state index contributed by atoms with van der Waals surface area (Å²) in [6.07, 6.45) is 5.20. The van der Waals surface area contributed by atoms with E-state index < -0.39 is 15.5 Å². The molecule has 1 fully saturated rings. The lowest BCUT2D eigenvalue weighted by Gasteiger charge is -2.27. The third kappa shape index (κ3) is 5.63. The smallest absolute Gasteiger partial charge is 0.146 e. The van der Waals surface area contributed by atoms with E-state index in [9.17, 15) is 13.7 Å². The number of methoxy groups -OCH3 is 1. The van der Waals surface area contributed by atoms with Crippen LogP contribution in [0, 0.1) is 5.82 Å². The van der Waals surface area contributed by atoms with Crippen LogP contribution in [0.5, 0.6) is 11.5 Å². The molecule has 2 aromatic carbocycles. The molecule has 1 unspecified atom stereocenters. The standard InChI is InChI=1S/C23H27FN4O4S/c1-31-21-12-15(28-33(2,3)30)11-19-22(21)23(26-13-25-19)27-18-9-4-14(24)10-20(18)32-17-7-5-16(29)6-8-17/h4,9-13,16-17,29H,2,5-8H2,1,3H3,(H,28,30)(H,25,26,27). The Morgan fingerprint density at radius 3 is 2.61 bits per heavy atom. The van der Waals surface area contributed by atoms with Crippen molar-refractivity contribution in [1.29, 1.82) is 0 Å². The molecule has 0 radical (unpaired) electrons. The number of nitrogens with zero attached hydrogens (tertiary/aromatic N) is 2. The molecule has 0 bridgehead atoms.